The molecule has 6 nitrogen and oxygen atoms in total. The van der Waals surface area contributed by atoms with Crippen LogP contribution in [-0.2, 0) is 0 Å². The lowest BCUT2D eigenvalue weighted by Crippen LogP contribution is -2.39. The van der Waals surface area contributed by atoms with Gasteiger partial charge in [-0.2, -0.15) is 10.2 Å². The van der Waals surface area contributed by atoms with Gasteiger partial charge in [0.2, 0.25) is 0 Å². The molecule has 2 fully saturated rings. The quantitative estimate of drug-likeness (QED) is 0.942. The van der Waals surface area contributed by atoms with Gasteiger partial charge in [-0.3, -0.25) is 14.6 Å². The van der Waals surface area contributed by atoms with Crippen molar-refractivity contribution in [1.82, 2.24) is 24.9 Å². The number of piperidine rings is 1. The van der Waals surface area contributed by atoms with E-state index in [4.69, 9.17) is 0 Å². The van der Waals surface area contributed by atoms with Gasteiger partial charge >= 0.3 is 0 Å². The maximum absolute atomic E-state index is 12.9. The van der Waals surface area contributed by atoms with Crippen LogP contribution >= 0.6 is 0 Å². The first-order valence-electron chi connectivity index (χ1n) is 9.14. The summed E-state index contributed by atoms with van der Waals surface area (Å²) >= 11 is 0. The van der Waals surface area contributed by atoms with Gasteiger partial charge in [0.15, 0.2) is 0 Å². The SMILES string of the molecule is O=C(c1cnn(C2CCCCC2)c1)N1CCCC(c2ccn[nH]2)C1. The number of likely N-dealkylation sites (tertiary alicyclic amines) is 1. The molecule has 6 heteroatoms. The van der Waals surface area contributed by atoms with Crippen LogP contribution in [0.5, 0.6) is 0 Å². The van der Waals surface area contributed by atoms with Crippen LogP contribution < -0.4 is 0 Å². The van der Waals surface area contributed by atoms with Crippen LogP contribution in [0.3, 0.4) is 0 Å². The molecular weight excluding hydrogens is 302 g/mol. The average Bonchev–Trinajstić information content (AvgIpc) is 3.34. The van der Waals surface area contributed by atoms with E-state index in [9.17, 15) is 4.79 Å². The van der Waals surface area contributed by atoms with Crippen LogP contribution in [0.1, 0.15) is 73.0 Å². The first-order chi connectivity index (χ1) is 11.8. The second-order valence-electron chi connectivity index (χ2n) is 7.10. The third kappa shape index (κ3) is 3.09. The summed E-state index contributed by atoms with van der Waals surface area (Å²) in [5.74, 6) is 0.472. The maximum Gasteiger partial charge on any atom is 0.257 e. The van der Waals surface area contributed by atoms with Crippen molar-refractivity contribution in [3.05, 3.63) is 35.9 Å². The Bertz CT molecular complexity index is 671. The Morgan fingerprint density at radius 3 is 2.83 bits per heavy atom. The zero-order valence-electron chi connectivity index (χ0n) is 14.0. The first-order valence-corrected chi connectivity index (χ1v) is 9.14. The largest absolute Gasteiger partial charge is 0.338 e. The summed E-state index contributed by atoms with van der Waals surface area (Å²) in [6.45, 7) is 1.59. The van der Waals surface area contributed by atoms with E-state index in [0.717, 1.165) is 37.2 Å². The summed E-state index contributed by atoms with van der Waals surface area (Å²) in [6, 6.07) is 2.49. The number of nitrogens with one attached hydrogen (secondary N) is 1. The van der Waals surface area contributed by atoms with Gasteiger partial charge < -0.3 is 4.90 Å². The van der Waals surface area contributed by atoms with Gasteiger partial charge in [0, 0.05) is 37.1 Å². The van der Waals surface area contributed by atoms with Crippen molar-refractivity contribution < 1.29 is 4.79 Å². The number of hydrogen-bond acceptors (Lipinski definition) is 3. The molecule has 1 N–H and O–H groups in total. The smallest absolute Gasteiger partial charge is 0.257 e. The van der Waals surface area contributed by atoms with Crippen LogP contribution in [0.25, 0.3) is 0 Å². The van der Waals surface area contributed by atoms with Crippen molar-refractivity contribution in [2.75, 3.05) is 13.1 Å². The van der Waals surface area contributed by atoms with Crippen LogP contribution in [-0.4, -0.2) is 43.9 Å². The van der Waals surface area contributed by atoms with Gasteiger partial charge in [0.1, 0.15) is 0 Å². The highest BCUT2D eigenvalue weighted by atomic mass is 16.2. The number of aromatic nitrogens is 4. The molecule has 0 radical (unpaired) electrons. The van der Waals surface area contributed by atoms with Gasteiger partial charge in [-0.15, -0.1) is 0 Å². The number of carbonyl (C=O) groups is 1. The molecule has 1 aliphatic carbocycles. The molecule has 1 unspecified atom stereocenters. The fourth-order valence-electron chi connectivity index (χ4n) is 4.09. The molecule has 1 saturated carbocycles. The van der Waals surface area contributed by atoms with E-state index < -0.39 is 0 Å². The lowest BCUT2D eigenvalue weighted by molar-refractivity contribution is 0.0705. The molecule has 24 heavy (non-hydrogen) atoms. The highest BCUT2D eigenvalue weighted by Crippen LogP contribution is 2.29. The van der Waals surface area contributed by atoms with E-state index in [1.807, 2.05) is 21.8 Å². The molecule has 0 spiro atoms. The minimum absolute atomic E-state index is 0.112. The minimum atomic E-state index is 0.112. The summed E-state index contributed by atoms with van der Waals surface area (Å²) in [6.07, 6.45) is 13.9. The number of aromatic amines is 1. The number of nitrogens with zero attached hydrogens (tertiary/aromatic N) is 4. The van der Waals surface area contributed by atoms with E-state index in [1.165, 1.54) is 32.1 Å². The van der Waals surface area contributed by atoms with Crippen molar-refractivity contribution in [2.24, 2.45) is 0 Å². The molecule has 1 saturated heterocycles. The molecule has 2 aliphatic rings. The van der Waals surface area contributed by atoms with E-state index >= 15 is 0 Å². The normalized spacial score (nSPS) is 22.7. The minimum Gasteiger partial charge on any atom is -0.338 e. The van der Waals surface area contributed by atoms with Crippen LogP contribution in [0.4, 0.5) is 0 Å². The monoisotopic (exact) mass is 327 g/mol. The van der Waals surface area contributed by atoms with E-state index in [0.29, 0.717) is 12.0 Å². The number of amides is 1. The molecular formula is C18H25N5O. The number of H-pyrrole nitrogens is 1. The highest BCUT2D eigenvalue weighted by Gasteiger charge is 2.27. The van der Waals surface area contributed by atoms with Crippen LogP contribution in [0.2, 0.25) is 0 Å². The van der Waals surface area contributed by atoms with Crippen molar-refractivity contribution >= 4 is 5.91 Å². The third-order valence-electron chi connectivity index (χ3n) is 5.47. The Morgan fingerprint density at radius 1 is 1.17 bits per heavy atom. The molecule has 3 heterocycles. The highest BCUT2D eigenvalue weighted by molar-refractivity contribution is 5.93. The molecule has 0 bridgehead atoms. The van der Waals surface area contributed by atoms with Gasteiger partial charge in [0.05, 0.1) is 17.8 Å². The molecule has 128 valence electrons. The summed E-state index contributed by atoms with van der Waals surface area (Å²) in [4.78, 5) is 14.8. The molecule has 0 aromatic carbocycles. The molecule has 1 amide bonds. The Balaban J connectivity index is 1.44. The lowest BCUT2D eigenvalue weighted by atomic mass is 9.94. The van der Waals surface area contributed by atoms with Crippen molar-refractivity contribution in [1.29, 1.82) is 0 Å². The molecule has 4 rings (SSSR count). The second kappa shape index (κ2) is 6.79. The molecule has 1 atom stereocenters. The summed E-state index contributed by atoms with van der Waals surface area (Å²) < 4.78 is 2.02. The fraction of sp³-hybridized carbons (Fsp3) is 0.611. The summed E-state index contributed by atoms with van der Waals surface area (Å²) in [5, 5.41) is 11.6. The third-order valence-corrected chi connectivity index (χ3v) is 5.47. The number of rotatable bonds is 3. The van der Waals surface area contributed by atoms with Crippen LogP contribution in [0, 0.1) is 0 Å². The van der Waals surface area contributed by atoms with Crippen LogP contribution in [0.15, 0.2) is 24.7 Å². The van der Waals surface area contributed by atoms with Gasteiger partial charge in [-0.1, -0.05) is 19.3 Å². The topological polar surface area (TPSA) is 66.8 Å². The molecule has 2 aromatic heterocycles. The van der Waals surface area contributed by atoms with E-state index in [-0.39, 0.29) is 5.91 Å². The standard InChI is InChI=1S/C18H25N5O/c24-18(15-11-20-23(13-15)16-6-2-1-3-7-16)22-10-4-5-14(12-22)17-8-9-19-21-17/h8-9,11,13-14,16H,1-7,10,12H2,(H,19,21). The predicted molar refractivity (Wildman–Crippen MR) is 90.8 cm³/mol. The first kappa shape index (κ1) is 15.4. The Labute approximate surface area is 142 Å². The number of carbonyl (C=O) groups excluding carboxylic acids is 1. The molecule has 2 aromatic rings. The zero-order valence-corrected chi connectivity index (χ0v) is 14.0. The Hall–Kier alpha value is -2.11. The Morgan fingerprint density at radius 2 is 2.04 bits per heavy atom. The summed E-state index contributed by atoms with van der Waals surface area (Å²) in [5.41, 5.74) is 1.86. The van der Waals surface area contributed by atoms with E-state index in [1.54, 1.807) is 12.4 Å². The Kier molecular flexibility index (Phi) is 4.36. The second-order valence-corrected chi connectivity index (χ2v) is 7.10. The summed E-state index contributed by atoms with van der Waals surface area (Å²) in [7, 11) is 0. The fourth-order valence-corrected chi connectivity index (χ4v) is 4.09. The number of hydrogen-bond donors (Lipinski definition) is 1. The molecule has 1 aliphatic heterocycles. The van der Waals surface area contributed by atoms with Gasteiger partial charge in [-0.25, -0.2) is 0 Å². The van der Waals surface area contributed by atoms with Crippen molar-refractivity contribution in [3.63, 3.8) is 0 Å². The van der Waals surface area contributed by atoms with Crippen molar-refractivity contribution in [2.45, 2.75) is 56.9 Å². The van der Waals surface area contributed by atoms with Gasteiger partial charge in [-0.05, 0) is 31.7 Å². The predicted octanol–water partition coefficient (Wildman–Crippen LogP) is 3.13. The van der Waals surface area contributed by atoms with E-state index in [2.05, 4.69) is 15.3 Å². The zero-order chi connectivity index (χ0) is 16.4. The maximum atomic E-state index is 12.9. The van der Waals surface area contributed by atoms with Gasteiger partial charge in [0.25, 0.3) is 5.91 Å². The van der Waals surface area contributed by atoms with Crippen molar-refractivity contribution in [3.8, 4) is 0 Å². The average molecular weight is 327 g/mol. The lowest BCUT2D eigenvalue weighted by Gasteiger charge is -2.32.